The monoisotopic (exact) mass is 313 g/mol. The van der Waals surface area contributed by atoms with E-state index < -0.39 is 0 Å². The van der Waals surface area contributed by atoms with Gasteiger partial charge in [-0.15, -0.1) is 0 Å². The summed E-state index contributed by atoms with van der Waals surface area (Å²) in [6.45, 7) is 4.92. The lowest BCUT2D eigenvalue weighted by molar-refractivity contribution is 0.0921. The van der Waals surface area contributed by atoms with E-state index in [9.17, 15) is 4.79 Å². The zero-order valence-corrected chi connectivity index (χ0v) is 12.3. The minimum Gasteiger partial charge on any atom is -0.347 e. The Bertz CT molecular complexity index is 410. The van der Waals surface area contributed by atoms with Crippen molar-refractivity contribution >= 4 is 21.8 Å². The molecule has 0 unspecified atom stereocenters. The normalized spacial score (nSPS) is 19.8. The van der Waals surface area contributed by atoms with Crippen molar-refractivity contribution in [1.29, 1.82) is 0 Å². The molecule has 1 aromatic rings. The highest BCUT2D eigenvalue weighted by Crippen LogP contribution is 2.16. The van der Waals surface area contributed by atoms with Gasteiger partial charge in [-0.2, -0.15) is 0 Å². The molecule has 1 fully saturated rings. The lowest BCUT2D eigenvalue weighted by Crippen LogP contribution is -2.46. The molecule has 18 heavy (non-hydrogen) atoms. The van der Waals surface area contributed by atoms with Crippen LogP contribution in [-0.4, -0.2) is 29.6 Å². The Balaban J connectivity index is 2.03. The molecule has 1 aliphatic heterocycles. The van der Waals surface area contributed by atoms with Gasteiger partial charge in [0.05, 0.1) is 0 Å². The maximum absolute atomic E-state index is 12.2. The van der Waals surface area contributed by atoms with E-state index in [2.05, 4.69) is 33.5 Å². The molecule has 1 atom stereocenters. The number of hydrogen-bond acceptors (Lipinski definition) is 2. The quantitative estimate of drug-likeness (QED) is 0.894. The van der Waals surface area contributed by atoms with E-state index >= 15 is 0 Å². The van der Waals surface area contributed by atoms with Gasteiger partial charge in [0.2, 0.25) is 0 Å². The minimum absolute atomic E-state index is 0.0304. The van der Waals surface area contributed by atoms with Crippen LogP contribution in [0.4, 0.5) is 0 Å². The maximum atomic E-state index is 12.2. The first-order valence-corrected chi connectivity index (χ1v) is 7.37. The van der Waals surface area contributed by atoms with E-state index in [-0.39, 0.29) is 11.9 Å². The molecule has 0 aromatic carbocycles. The lowest BCUT2D eigenvalue weighted by atomic mass is 10.1. The molecule has 100 valence electrons. The van der Waals surface area contributed by atoms with Crippen molar-refractivity contribution in [1.82, 2.24) is 15.2 Å². The molecule has 4 nitrogen and oxygen atoms in total. The SMILES string of the molecule is CCCn1cc(Br)cc1C(=O)N[C@@H]1CCCNC1. The first-order chi connectivity index (χ1) is 8.70. The van der Waals surface area contributed by atoms with Crippen LogP contribution in [0.1, 0.15) is 36.7 Å². The van der Waals surface area contributed by atoms with Gasteiger partial charge >= 0.3 is 0 Å². The van der Waals surface area contributed by atoms with Crippen molar-refractivity contribution in [3.8, 4) is 0 Å². The second-order valence-electron chi connectivity index (χ2n) is 4.75. The second kappa shape index (κ2) is 6.38. The van der Waals surface area contributed by atoms with Crippen LogP contribution in [0, 0.1) is 0 Å². The standard InChI is InChI=1S/C13H20BrN3O/c1-2-6-17-9-10(14)7-12(17)13(18)16-11-4-3-5-15-8-11/h7,9,11,15H,2-6,8H2,1H3,(H,16,18)/t11-/m1/s1. The number of amides is 1. The van der Waals surface area contributed by atoms with Crippen LogP contribution in [0.5, 0.6) is 0 Å². The zero-order chi connectivity index (χ0) is 13.0. The molecule has 5 heteroatoms. The number of carbonyl (C=O) groups excluding carboxylic acids is 1. The minimum atomic E-state index is 0.0304. The van der Waals surface area contributed by atoms with Gasteiger partial charge in [-0.1, -0.05) is 6.92 Å². The number of hydrogen-bond donors (Lipinski definition) is 2. The summed E-state index contributed by atoms with van der Waals surface area (Å²) in [5.41, 5.74) is 0.745. The molecular formula is C13H20BrN3O. The number of halogens is 1. The summed E-state index contributed by atoms with van der Waals surface area (Å²) in [7, 11) is 0. The highest BCUT2D eigenvalue weighted by Gasteiger charge is 2.18. The van der Waals surface area contributed by atoms with Crippen LogP contribution >= 0.6 is 15.9 Å². The van der Waals surface area contributed by atoms with Crippen LogP contribution in [0.2, 0.25) is 0 Å². The van der Waals surface area contributed by atoms with Crippen molar-refractivity contribution in [2.45, 2.75) is 38.8 Å². The maximum Gasteiger partial charge on any atom is 0.268 e. The molecule has 1 aliphatic rings. The molecule has 2 rings (SSSR count). The smallest absolute Gasteiger partial charge is 0.268 e. The van der Waals surface area contributed by atoms with Gasteiger partial charge < -0.3 is 15.2 Å². The predicted molar refractivity (Wildman–Crippen MR) is 75.8 cm³/mol. The fourth-order valence-corrected chi connectivity index (χ4v) is 2.79. The molecule has 2 heterocycles. The Labute approximate surface area is 116 Å². The predicted octanol–water partition coefficient (Wildman–Crippen LogP) is 2.14. The molecule has 2 N–H and O–H groups in total. The average molecular weight is 314 g/mol. The summed E-state index contributed by atoms with van der Waals surface area (Å²) in [6, 6.07) is 2.15. The number of rotatable bonds is 4. The molecule has 0 aliphatic carbocycles. The summed E-state index contributed by atoms with van der Waals surface area (Å²) in [5.74, 6) is 0.0304. The van der Waals surface area contributed by atoms with E-state index in [1.165, 1.54) is 0 Å². The molecule has 0 radical (unpaired) electrons. The van der Waals surface area contributed by atoms with E-state index in [4.69, 9.17) is 0 Å². The first kappa shape index (κ1) is 13.6. The van der Waals surface area contributed by atoms with Crippen molar-refractivity contribution in [3.05, 3.63) is 22.4 Å². The van der Waals surface area contributed by atoms with Crippen molar-refractivity contribution in [2.75, 3.05) is 13.1 Å². The van der Waals surface area contributed by atoms with E-state index in [1.807, 2.05) is 16.8 Å². The Morgan fingerprint density at radius 1 is 1.67 bits per heavy atom. The third-order valence-electron chi connectivity index (χ3n) is 3.19. The van der Waals surface area contributed by atoms with Gasteiger partial charge in [0.25, 0.3) is 5.91 Å². The Hall–Kier alpha value is -0.810. The molecule has 1 aromatic heterocycles. The van der Waals surface area contributed by atoms with E-state index in [0.717, 1.165) is 49.1 Å². The number of aryl methyl sites for hydroxylation is 1. The van der Waals surface area contributed by atoms with Gasteiger partial charge in [0.15, 0.2) is 0 Å². The number of piperidine rings is 1. The third-order valence-corrected chi connectivity index (χ3v) is 3.63. The van der Waals surface area contributed by atoms with Crippen LogP contribution in [0.25, 0.3) is 0 Å². The van der Waals surface area contributed by atoms with Gasteiger partial charge in [-0.25, -0.2) is 0 Å². The summed E-state index contributed by atoms with van der Waals surface area (Å²) >= 11 is 3.43. The van der Waals surface area contributed by atoms with Gasteiger partial charge in [0.1, 0.15) is 5.69 Å². The summed E-state index contributed by atoms with van der Waals surface area (Å²) in [5, 5.41) is 6.41. The Kier molecular flexibility index (Phi) is 4.83. The summed E-state index contributed by atoms with van der Waals surface area (Å²) < 4.78 is 2.97. The first-order valence-electron chi connectivity index (χ1n) is 6.58. The van der Waals surface area contributed by atoms with Gasteiger partial charge in [-0.3, -0.25) is 4.79 Å². The van der Waals surface area contributed by atoms with Gasteiger partial charge in [0, 0.05) is 29.8 Å². The average Bonchev–Trinajstić information content (AvgIpc) is 2.72. The number of nitrogens with one attached hydrogen (secondary N) is 2. The van der Waals surface area contributed by atoms with Crippen molar-refractivity contribution in [3.63, 3.8) is 0 Å². The molecule has 0 bridgehead atoms. The summed E-state index contributed by atoms with van der Waals surface area (Å²) in [6.07, 6.45) is 5.18. The highest BCUT2D eigenvalue weighted by molar-refractivity contribution is 9.10. The lowest BCUT2D eigenvalue weighted by Gasteiger charge is -2.24. The molecule has 0 spiro atoms. The van der Waals surface area contributed by atoms with Crippen LogP contribution in [-0.2, 0) is 6.54 Å². The molecule has 1 amide bonds. The largest absolute Gasteiger partial charge is 0.347 e. The molecule has 0 saturated carbocycles. The van der Waals surface area contributed by atoms with Crippen LogP contribution in [0.3, 0.4) is 0 Å². The number of carbonyl (C=O) groups is 1. The molecule has 1 saturated heterocycles. The Morgan fingerprint density at radius 3 is 3.17 bits per heavy atom. The van der Waals surface area contributed by atoms with Gasteiger partial charge in [-0.05, 0) is 47.8 Å². The topological polar surface area (TPSA) is 46.1 Å². The fourth-order valence-electron chi connectivity index (χ4n) is 2.33. The Morgan fingerprint density at radius 2 is 2.50 bits per heavy atom. The summed E-state index contributed by atoms with van der Waals surface area (Å²) in [4.78, 5) is 12.2. The fraction of sp³-hybridized carbons (Fsp3) is 0.615. The van der Waals surface area contributed by atoms with Crippen molar-refractivity contribution < 1.29 is 4.79 Å². The number of aromatic nitrogens is 1. The van der Waals surface area contributed by atoms with Crippen LogP contribution < -0.4 is 10.6 Å². The third kappa shape index (κ3) is 3.36. The van der Waals surface area contributed by atoms with E-state index in [1.54, 1.807) is 0 Å². The van der Waals surface area contributed by atoms with E-state index in [0.29, 0.717) is 0 Å². The highest BCUT2D eigenvalue weighted by atomic mass is 79.9. The second-order valence-corrected chi connectivity index (χ2v) is 5.67. The molecular weight excluding hydrogens is 294 g/mol. The van der Waals surface area contributed by atoms with Crippen LogP contribution in [0.15, 0.2) is 16.7 Å². The number of nitrogens with zero attached hydrogens (tertiary/aromatic N) is 1. The zero-order valence-electron chi connectivity index (χ0n) is 10.7. The van der Waals surface area contributed by atoms with Crippen molar-refractivity contribution in [2.24, 2.45) is 0 Å².